The van der Waals surface area contributed by atoms with E-state index in [9.17, 15) is 9.59 Å². The second kappa shape index (κ2) is 4.87. The van der Waals surface area contributed by atoms with E-state index >= 15 is 0 Å². The molecule has 0 spiro atoms. The Kier molecular flexibility index (Phi) is 4.51. The van der Waals surface area contributed by atoms with Crippen LogP contribution in [0.25, 0.3) is 0 Å². The molecule has 0 unspecified atom stereocenters. The van der Waals surface area contributed by atoms with E-state index in [0.29, 0.717) is 6.29 Å². The first-order valence-electron chi connectivity index (χ1n) is 3.64. The zero-order valence-electron chi connectivity index (χ0n) is 7.62. The molecule has 0 amide bonds. The van der Waals surface area contributed by atoms with Gasteiger partial charge < -0.3 is 14.3 Å². The van der Waals surface area contributed by atoms with Crippen molar-refractivity contribution in [1.82, 2.24) is 0 Å². The van der Waals surface area contributed by atoms with Crippen LogP contribution in [0.15, 0.2) is 0 Å². The molecule has 0 saturated carbocycles. The number of hydrogen-bond donors (Lipinski definition) is 0. The van der Waals surface area contributed by atoms with Gasteiger partial charge >= 0.3 is 5.97 Å². The second-order valence-electron chi connectivity index (χ2n) is 3.06. The fourth-order valence-electron chi connectivity index (χ4n) is 0.697. The standard InChI is InChI=1S/C8H14O4/c1-8(2,7(10)11-3)6-12-5-4-9/h4H,5-6H2,1-3H3. The van der Waals surface area contributed by atoms with Crippen LogP contribution in [0, 0.1) is 5.41 Å². The number of hydrogen-bond acceptors (Lipinski definition) is 4. The lowest BCUT2D eigenvalue weighted by Gasteiger charge is -2.20. The van der Waals surface area contributed by atoms with Crippen molar-refractivity contribution in [3.8, 4) is 0 Å². The summed E-state index contributed by atoms with van der Waals surface area (Å²) < 4.78 is 9.44. The third-order valence-electron chi connectivity index (χ3n) is 1.39. The second-order valence-corrected chi connectivity index (χ2v) is 3.06. The van der Waals surface area contributed by atoms with Gasteiger partial charge in [0, 0.05) is 0 Å². The van der Waals surface area contributed by atoms with Gasteiger partial charge in [0.05, 0.1) is 19.1 Å². The first kappa shape index (κ1) is 11.1. The molecular formula is C8H14O4. The molecule has 0 aliphatic carbocycles. The van der Waals surface area contributed by atoms with Gasteiger partial charge in [0.25, 0.3) is 0 Å². The number of aldehydes is 1. The van der Waals surface area contributed by atoms with Gasteiger partial charge in [0.15, 0.2) is 0 Å². The summed E-state index contributed by atoms with van der Waals surface area (Å²) in [6.07, 6.45) is 0.646. The fraction of sp³-hybridized carbons (Fsp3) is 0.750. The minimum Gasteiger partial charge on any atom is -0.469 e. The molecule has 0 rings (SSSR count). The number of carbonyl (C=O) groups is 2. The third-order valence-corrected chi connectivity index (χ3v) is 1.39. The van der Waals surface area contributed by atoms with Gasteiger partial charge in [-0.05, 0) is 13.8 Å². The summed E-state index contributed by atoms with van der Waals surface area (Å²) >= 11 is 0. The molecule has 70 valence electrons. The molecule has 0 radical (unpaired) electrons. The van der Waals surface area contributed by atoms with E-state index in [1.54, 1.807) is 13.8 Å². The van der Waals surface area contributed by atoms with Crippen LogP contribution in [0.4, 0.5) is 0 Å². The highest BCUT2D eigenvalue weighted by molar-refractivity contribution is 5.75. The molecule has 0 bridgehead atoms. The molecule has 0 aromatic rings. The van der Waals surface area contributed by atoms with Crippen molar-refractivity contribution >= 4 is 12.3 Å². The summed E-state index contributed by atoms with van der Waals surface area (Å²) in [4.78, 5) is 20.9. The molecule has 4 nitrogen and oxygen atoms in total. The maximum Gasteiger partial charge on any atom is 0.313 e. The van der Waals surface area contributed by atoms with E-state index in [-0.39, 0.29) is 19.2 Å². The number of carbonyl (C=O) groups excluding carboxylic acids is 2. The van der Waals surface area contributed by atoms with Crippen molar-refractivity contribution in [2.75, 3.05) is 20.3 Å². The lowest BCUT2D eigenvalue weighted by atomic mass is 9.95. The third kappa shape index (κ3) is 3.48. The van der Waals surface area contributed by atoms with Gasteiger partial charge in [-0.2, -0.15) is 0 Å². The van der Waals surface area contributed by atoms with Crippen molar-refractivity contribution < 1.29 is 19.1 Å². The Bertz CT molecular complexity index is 162. The van der Waals surface area contributed by atoms with Gasteiger partial charge in [-0.1, -0.05) is 0 Å². The van der Waals surface area contributed by atoms with E-state index in [0.717, 1.165) is 0 Å². The maximum atomic E-state index is 11.0. The molecule has 0 aliphatic rings. The topological polar surface area (TPSA) is 52.6 Å². The molecule has 0 fully saturated rings. The highest BCUT2D eigenvalue weighted by Gasteiger charge is 2.28. The number of rotatable bonds is 5. The number of ether oxygens (including phenoxy) is 2. The van der Waals surface area contributed by atoms with Crippen molar-refractivity contribution in [3.63, 3.8) is 0 Å². The first-order chi connectivity index (χ1) is 5.54. The minimum absolute atomic E-state index is 0.0143. The van der Waals surface area contributed by atoms with Crippen molar-refractivity contribution in [3.05, 3.63) is 0 Å². The van der Waals surface area contributed by atoms with Crippen molar-refractivity contribution in [2.24, 2.45) is 5.41 Å². The molecule has 0 N–H and O–H groups in total. The normalized spacial score (nSPS) is 10.9. The number of methoxy groups -OCH3 is 1. The summed E-state index contributed by atoms with van der Waals surface area (Å²) in [6, 6.07) is 0. The largest absolute Gasteiger partial charge is 0.469 e. The molecule has 0 atom stereocenters. The van der Waals surface area contributed by atoms with Crippen LogP contribution in [0.1, 0.15) is 13.8 Å². The van der Waals surface area contributed by atoms with Crippen molar-refractivity contribution in [1.29, 1.82) is 0 Å². The Morgan fingerprint density at radius 2 is 2.08 bits per heavy atom. The Balaban J connectivity index is 3.86. The summed E-state index contributed by atoms with van der Waals surface area (Å²) in [5.41, 5.74) is -0.683. The van der Waals surface area contributed by atoms with Gasteiger partial charge in [0.1, 0.15) is 12.9 Å². The lowest BCUT2D eigenvalue weighted by Crippen LogP contribution is -2.31. The Labute approximate surface area is 71.8 Å². The molecule has 0 aliphatic heterocycles. The van der Waals surface area contributed by atoms with Crippen molar-refractivity contribution in [2.45, 2.75) is 13.8 Å². The van der Waals surface area contributed by atoms with Gasteiger partial charge in [-0.3, -0.25) is 4.79 Å². The zero-order valence-corrected chi connectivity index (χ0v) is 7.62. The molecular weight excluding hydrogens is 160 g/mol. The summed E-state index contributed by atoms with van der Waals surface area (Å²) in [5, 5.41) is 0. The number of esters is 1. The van der Waals surface area contributed by atoms with Crippen LogP contribution in [0.2, 0.25) is 0 Å². The van der Waals surface area contributed by atoms with Crippen LogP contribution < -0.4 is 0 Å². The highest BCUT2D eigenvalue weighted by atomic mass is 16.5. The Hall–Kier alpha value is -0.900. The monoisotopic (exact) mass is 174 g/mol. The Morgan fingerprint density at radius 1 is 1.50 bits per heavy atom. The fourth-order valence-corrected chi connectivity index (χ4v) is 0.697. The quantitative estimate of drug-likeness (QED) is 0.344. The first-order valence-corrected chi connectivity index (χ1v) is 3.64. The smallest absolute Gasteiger partial charge is 0.313 e. The molecule has 0 aromatic heterocycles. The van der Waals surface area contributed by atoms with Crippen LogP contribution in [-0.2, 0) is 19.1 Å². The van der Waals surface area contributed by atoms with Gasteiger partial charge in [0.2, 0.25) is 0 Å². The van der Waals surface area contributed by atoms with E-state index < -0.39 is 5.41 Å². The molecule has 0 aromatic carbocycles. The van der Waals surface area contributed by atoms with E-state index in [1.165, 1.54) is 7.11 Å². The summed E-state index contributed by atoms with van der Waals surface area (Å²) in [5.74, 6) is -0.339. The predicted molar refractivity (Wildman–Crippen MR) is 42.7 cm³/mol. The van der Waals surface area contributed by atoms with Crippen LogP contribution in [0.3, 0.4) is 0 Å². The highest BCUT2D eigenvalue weighted by Crippen LogP contribution is 2.16. The Morgan fingerprint density at radius 3 is 2.50 bits per heavy atom. The van der Waals surface area contributed by atoms with E-state index in [4.69, 9.17) is 4.74 Å². The van der Waals surface area contributed by atoms with E-state index in [1.807, 2.05) is 0 Å². The summed E-state index contributed by atoms with van der Waals surface area (Å²) in [6.45, 7) is 3.60. The molecule has 0 heterocycles. The summed E-state index contributed by atoms with van der Waals surface area (Å²) in [7, 11) is 1.32. The molecule has 4 heteroatoms. The molecule has 12 heavy (non-hydrogen) atoms. The van der Waals surface area contributed by atoms with Gasteiger partial charge in [-0.15, -0.1) is 0 Å². The predicted octanol–water partition coefficient (Wildman–Crippen LogP) is 0.401. The van der Waals surface area contributed by atoms with Crippen LogP contribution in [-0.4, -0.2) is 32.6 Å². The zero-order chi connectivity index (χ0) is 9.61. The lowest BCUT2D eigenvalue weighted by molar-refractivity contribution is -0.154. The maximum absolute atomic E-state index is 11.0. The van der Waals surface area contributed by atoms with Crippen LogP contribution in [0.5, 0.6) is 0 Å². The average molecular weight is 174 g/mol. The SMILES string of the molecule is COC(=O)C(C)(C)COCC=O. The van der Waals surface area contributed by atoms with Gasteiger partial charge in [-0.25, -0.2) is 0 Å². The minimum atomic E-state index is -0.683. The molecule has 0 saturated heterocycles. The van der Waals surface area contributed by atoms with Crippen LogP contribution >= 0.6 is 0 Å². The average Bonchev–Trinajstić information content (AvgIpc) is 2.03. The van der Waals surface area contributed by atoms with E-state index in [2.05, 4.69) is 4.74 Å².